The third kappa shape index (κ3) is 16.7. The number of hydrogen-bond donors (Lipinski definition) is 4. The van der Waals surface area contributed by atoms with Crippen LogP contribution >= 0.6 is 12.4 Å². The molecule has 6 heteroatoms. The molecule has 0 fully saturated rings. The van der Waals surface area contributed by atoms with Crippen molar-refractivity contribution in [1.82, 2.24) is 0 Å². The highest BCUT2D eigenvalue weighted by Crippen LogP contribution is 2.38. The van der Waals surface area contributed by atoms with Crippen molar-refractivity contribution in [3.05, 3.63) is 0 Å². The lowest BCUT2D eigenvalue weighted by Gasteiger charge is -2.38. The molecule has 0 aliphatic heterocycles. The molecule has 0 rings (SSSR count). The number of rotatable bonds is 19. The van der Waals surface area contributed by atoms with E-state index >= 15 is 0 Å². The van der Waals surface area contributed by atoms with Crippen molar-refractivity contribution in [2.24, 2.45) is 11.7 Å². The molecule has 0 aromatic heterocycles. The summed E-state index contributed by atoms with van der Waals surface area (Å²) in [5.74, 6) is -0.0542. The van der Waals surface area contributed by atoms with Gasteiger partial charge in [0.1, 0.15) is 0 Å². The molecule has 0 aromatic carbocycles. The van der Waals surface area contributed by atoms with Crippen molar-refractivity contribution >= 4 is 21.2 Å². The fraction of sp³-hybridized carbons (Fsp3) is 1.00. The molecule has 0 saturated carbocycles. The lowest BCUT2D eigenvalue weighted by molar-refractivity contribution is 0.159. The van der Waals surface area contributed by atoms with Crippen LogP contribution < -0.4 is 5.73 Å². The molecular formula is C23H52ClNO3Si. The Morgan fingerprint density at radius 3 is 1.31 bits per heavy atom. The minimum atomic E-state index is -4.15. The smallest absolute Gasteiger partial charge is 0.390 e. The third-order valence-electron chi connectivity index (χ3n) is 6.25. The molecule has 0 heterocycles. The van der Waals surface area contributed by atoms with Crippen LogP contribution in [0.15, 0.2) is 0 Å². The van der Waals surface area contributed by atoms with Crippen molar-refractivity contribution in [2.45, 2.75) is 142 Å². The average Bonchev–Trinajstić information content (AvgIpc) is 2.59. The zero-order valence-electron chi connectivity index (χ0n) is 19.8. The SMILES string of the molecule is CCCCCCCCCCCCCCCCC(C(CC)[Si](O)(O)O)C(C)(C)N.Cl. The molecule has 29 heavy (non-hydrogen) atoms. The molecule has 0 aliphatic carbocycles. The molecular weight excluding hydrogens is 402 g/mol. The van der Waals surface area contributed by atoms with Gasteiger partial charge >= 0.3 is 8.80 Å². The van der Waals surface area contributed by atoms with Gasteiger partial charge < -0.3 is 20.1 Å². The number of unbranched alkanes of at least 4 members (excludes halogenated alkanes) is 13. The summed E-state index contributed by atoms with van der Waals surface area (Å²) >= 11 is 0. The molecule has 0 radical (unpaired) electrons. The van der Waals surface area contributed by atoms with Crippen LogP contribution in [-0.4, -0.2) is 28.7 Å². The van der Waals surface area contributed by atoms with E-state index in [4.69, 9.17) is 5.73 Å². The van der Waals surface area contributed by atoms with Gasteiger partial charge in [0.25, 0.3) is 0 Å². The summed E-state index contributed by atoms with van der Waals surface area (Å²) in [6, 6.07) is 0. The van der Waals surface area contributed by atoms with Gasteiger partial charge in [-0.3, -0.25) is 0 Å². The van der Waals surface area contributed by atoms with Crippen molar-refractivity contribution in [3.63, 3.8) is 0 Å². The quantitative estimate of drug-likeness (QED) is 0.136. The Morgan fingerprint density at radius 1 is 0.690 bits per heavy atom. The summed E-state index contributed by atoms with van der Waals surface area (Å²) in [5.41, 5.74) is 5.31. The largest absolute Gasteiger partial charge is 0.496 e. The topological polar surface area (TPSA) is 86.7 Å². The highest BCUT2D eigenvalue weighted by molar-refractivity contribution is 6.58. The molecule has 0 aliphatic rings. The molecule has 4 nitrogen and oxygen atoms in total. The maximum atomic E-state index is 9.82. The van der Waals surface area contributed by atoms with Crippen LogP contribution in [0.2, 0.25) is 5.54 Å². The van der Waals surface area contributed by atoms with E-state index in [9.17, 15) is 14.4 Å². The minimum absolute atomic E-state index is 0. The zero-order valence-corrected chi connectivity index (χ0v) is 21.6. The van der Waals surface area contributed by atoms with E-state index in [1.165, 1.54) is 77.0 Å². The molecule has 2 atom stereocenters. The molecule has 0 bridgehead atoms. The first-order valence-corrected chi connectivity index (χ1v) is 14.0. The van der Waals surface area contributed by atoms with E-state index in [0.717, 1.165) is 19.3 Å². The molecule has 0 saturated heterocycles. The molecule has 178 valence electrons. The Morgan fingerprint density at radius 2 is 1.03 bits per heavy atom. The fourth-order valence-electron chi connectivity index (χ4n) is 4.48. The zero-order chi connectivity index (χ0) is 21.5. The molecule has 0 aromatic rings. The predicted molar refractivity (Wildman–Crippen MR) is 130 cm³/mol. The van der Waals surface area contributed by atoms with Gasteiger partial charge in [-0.1, -0.05) is 104 Å². The summed E-state index contributed by atoms with van der Waals surface area (Å²) in [6.07, 6.45) is 20.0. The normalized spacial score (nSPS) is 14.5. The Kier molecular flexibility index (Phi) is 19.5. The van der Waals surface area contributed by atoms with E-state index in [1.54, 1.807) is 0 Å². The van der Waals surface area contributed by atoms with Crippen molar-refractivity contribution in [2.75, 3.05) is 0 Å². The van der Waals surface area contributed by atoms with Gasteiger partial charge in [0.2, 0.25) is 0 Å². The second-order valence-electron chi connectivity index (χ2n) is 9.51. The summed E-state index contributed by atoms with van der Waals surface area (Å²) in [4.78, 5) is 29.5. The fourth-order valence-corrected chi connectivity index (χ4v) is 6.16. The molecule has 0 amide bonds. The predicted octanol–water partition coefficient (Wildman–Crippen LogP) is 6.33. The van der Waals surface area contributed by atoms with Gasteiger partial charge in [-0.25, -0.2) is 0 Å². The maximum absolute atomic E-state index is 9.82. The summed E-state index contributed by atoms with van der Waals surface area (Å²) in [7, 11) is -4.15. The monoisotopic (exact) mass is 453 g/mol. The van der Waals surface area contributed by atoms with Crippen LogP contribution in [0.25, 0.3) is 0 Å². The second-order valence-corrected chi connectivity index (χ2v) is 11.6. The third-order valence-corrected chi connectivity index (χ3v) is 8.05. The van der Waals surface area contributed by atoms with Gasteiger partial charge in [-0.15, -0.1) is 12.4 Å². The maximum Gasteiger partial charge on any atom is 0.496 e. The lowest BCUT2D eigenvalue weighted by Crippen LogP contribution is -2.52. The lowest BCUT2D eigenvalue weighted by atomic mass is 9.80. The number of halogens is 1. The van der Waals surface area contributed by atoms with Gasteiger partial charge in [-0.2, -0.15) is 0 Å². The van der Waals surface area contributed by atoms with Crippen molar-refractivity contribution in [3.8, 4) is 0 Å². The van der Waals surface area contributed by atoms with Crippen LogP contribution in [0, 0.1) is 5.92 Å². The van der Waals surface area contributed by atoms with Crippen molar-refractivity contribution < 1.29 is 14.4 Å². The van der Waals surface area contributed by atoms with E-state index in [1.807, 2.05) is 20.8 Å². The number of hydrogen-bond acceptors (Lipinski definition) is 4. The molecule has 0 spiro atoms. The van der Waals surface area contributed by atoms with Gasteiger partial charge in [0.15, 0.2) is 0 Å². The van der Waals surface area contributed by atoms with Gasteiger partial charge in [-0.05, 0) is 32.6 Å². The van der Waals surface area contributed by atoms with Crippen LogP contribution in [0.3, 0.4) is 0 Å². The van der Waals surface area contributed by atoms with E-state index in [-0.39, 0.29) is 18.3 Å². The van der Waals surface area contributed by atoms with Crippen LogP contribution in [0.1, 0.15) is 130 Å². The van der Waals surface area contributed by atoms with Crippen LogP contribution in [0.5, 0.6) is 0 Å². The Bertz CT molecular complexity index is 359. The highest BCUT2D eigenvalue weighted by Gasteiger charge is 2.46. The summed E-state index contributed by atoms with van der Waals surface area (Å²) in [5, 5.41) is 0. The van der Waals surface area contributed by atoms with E-state index in [2.05, 4.69) is 6.92 Å². The van der Waals surface area contributed by atoms with Crippen molar-refractivity contribution in [1.29, 1.82) is 0 Å². The Labute approximate surface area is 188 Å². The molecule has 2 unspecified atom stereocenters. The van der Waals surface area contributed by atoms with E-state index < -0.39 is 19.9 Å². The molecule has 5 N–H and O–H groups in total. The summed E-state index contributed by atoms with van der Waals surface area (Å²) in [6.45, 7) is 8.04. The Balaban J connectivity index is 0. The average molecular weight is 454 g/mol. The first kappa shape index (κ1) is 31.5. The van der Waals surface area contributed by atoms with Gasteiger partial charge in [0, 0.05) is 11.1 Å². The van der Waals surface area contributed by atoms with Gasteiger partial charge in [0.05, 0.1) is 0 Å². The second kappa shape index (κ2) is 18.0. The Hall–Kier alpha value is 0.347. The standard InChI is InChI=1S/C23H51NO3Si.ClH/c1-5-7-8-9-10-11-12-13-14-15-16-17-18-19-20-21(23(3,4)24)22(6-2)28(25,26)27;/h21-22,25-27H,5-20,24H2,1-4H3;1H. The first-order chi connectivity index (χ1) is 13.1. The summed E-state index contributed by atoms with van der Waals surface area (Å²) < 4.78 is 0. The minimum Gasteiger partial charge on any atom is -0.390 e. The van der Waals surface area contributed by atoms with Crippen LogP contribution in [0.4, 0.5) is 0 Å². The first-order valence-electron chi connectivity index (χ1n) is 12.1. The van der Waals surface area contributed by atoms with E-state index in [0.29, 0.717) is 6.42 Å². The van der Waals surface area contributed by atoms with Crippen LogP contribution in [-0.2, 0) is 0 Å². The number of nitrogens with two attached hydrogens (primary N) is 1. The highest BCUT2D eigenvalue weighted by atomic mass is 35.5.